The summed E-state index contributed by atoms with van der Waals surface area (Å²) in [6, 6.07) is 6.13. The van der Waals surface area contributed by atoms with Gasteiger partial charge in [-0.1, -0.05) is 24.0 Å². The normalized spacial score (nSPS) is 15.1. The number of hydrogen-bond acceptors (Lipinski definition) is 2. The van der Waals surface area contributed by atoms with Gasteiger partial charge in [0, 0.05) is 0 Å². The minimum Gasteiger partial charge on any atom is -0.212 e. The summed E-state index contributed by atoms with van der Waals surface area (Å²) in [6.07, 6.45) is 1.44. The van der Waals surface area contributed by atoms with Crippen molar-refractivity contribution in [2.75, 3.05) is 6.54 Å². The van der Waals surface area contributed by atoms with E-state index in [2.05, 4.69) is 16.6 Å². The van der Waals surface area contributed by atoms with Gasteiger partial charge in [0.05, 0.1) is 17.4 Å². The van der Waals surface area contributed by atoms with Gasteiger partial charge in [0.2, 0.25) is 10.0 Å². The lowest BCUT2D eigenvalue weighted by Gasteiger charge is -1.99. The fraction of sp³-hybridized carbons (Fsp3) is 0.333. The second-order valence-electron chi connectivity index (χ2n) is 3.85. The zero-order valence-electron chi connectivity index (χ0n) is 9.11. The van der Waals surface area contributed by atoms with E-state index in [-0.39, 0.29) is 17.4 Å². The summed E-state index contributed by atoms with van der Waals surface area (Å²) in [7, 11) is -3.20. The predicted molar refractivity (Wildman–Crippen MR) is 63.2 cm³/mol. The van der Waals surface area contributed by atoms with Crippen molar-refractivity contribution in [1.29, 1.82) is 0 Å². The Bertz CT molecular complexity index is 568. The molecule has 1 aromatic carbocycles. The summed E-state index contributed by atoms with van der Waals surface area (Å²) in [4.78, 5) is 0. The van der Waals surface area contributed by atoms with E-state index < -0.39 is 15.8 Å². The molecule has 1 aliphatic rings. The number of sulfonamides is 1. The lowest BCUT2D eigenvalue weighted by atomic mass is 10.2. The molecule has 0 saturated heterocycles. The van der Waals surface area contributed by atoms with Crippen molar-refractivity contribution in [3.63, 3.8) is 0 Å². The van der Waals surface area contributed by atoms with E-state index in [0.29, 0.717) is 0 Å². The van der Waals surface area contributed by atoms with Crippen LogP contribution in [0.3, 0.4) is 0 Å². The zero-order chi connectivity index (χ0) is 12.3. The predicted octanol–water partition coefficient (Wildman–Crippen LogP) is 1.26. The highest BCUT2D eigenvalue weighted by Crippen LogP contribution is 2.27. The molecule has 1 N–H and O–H groups in total. The standard InChI is InChI=1S/C12H12FNO2S/c13-12-6-2-1-4-10(12)5-3-9-14-17(15,16)11-7-8-11/h1-2,4,6,11,14H,7-9H2. The maximum atomic E-state index is 13.1. The SMILES string of the molecule is O=S(=O)(NCC#Cc1ccccc1F)C1CC1. The topological polar surface area (TPSA) is 46.2 Å². The average Bonchev–Trinajstić information content (AvgIpc) is 3.10. The van der Waals surface area contributed by atoms with Gasteiger partial charge < -0.3 is 0 Å². The lowest BCUT2D eigenvalue weighted by Crippen LogP contribution is -2.27. The number of halogens is 1. The smallest absolute Gasteiger partial charge is 0.212 e. The second-order valence-corrected chi connectivity index (χ2v) is 5.89. The highest BCUT2D eigenvalue weighted by atomic mass is 32.2. The van der Waals surface area contributed by atoms with Crippen LogP contribution in [-0.4, -0.2) is 20.2 Å². The van der Waals surface area contributed by atoms with Crippen molar-refractivity contribution in [3.05, 3.63) is 35.6 Å². The Kier molecular flexibility index (Phi) is 3.46. The Hall–Kier alpha value is -1.38. The van der Waals surface area contributed by atoms with Crippen LogP contribution < -0.4 is 4.72 Å². The zero-order valence-corrected chi connectivity index (χ0v) is 9.93. The Morgan fingerprint density at radius 2 is 2.06 bits per heavy atom. The molecule has 90 valence electrons. The first kappa shape index (κ1) is 12.1. The maximum absolute atomic E-state index is 13.1. The van der Waals surface area contributed by atoms with Gasteiger partial charge in [-0.15, -0.1) is 0 Å². The van der Waals surface area contributed by atoms with Crippen molar-refractivity contribution >= 4 is 10.0 Å². The van der Waals surface area contributed by atoms with E-state index in [1.807, 2.05) is 0 Å². The molecule has 5 heteroatoms. The van der Waals surface area contributed by atoms with Gasteiger partial charge in [-0.05, 0) is 25.0 Å². The summed E-state index contributed by atoms with van der Waals surface area (Å²) in [5, 5.41) is -0.252. The monoisotopic (exact) mass is 253 g/mol. The van der Waals surface area contributed by atoms with E-state index in [4.69, 9.17) is 0 Å². The Balaban J connectivity index is 1.93. The fourth-order valence-electron chi connectivity index (χ4n) is 1.33. The molecular formula is C12H12FNO2S. The van der Waals surface area contributed by atoms with Gasteiger partial charge in [-0.3, -0.25) is 0 Å². The van der Waals surface area contributed by atoms with E-state index in [0.717, 1.165) is 12.8 Å². The van der Waals surface area contributed by atoms with Gasteiger partial charge in [0.1, 0.15) is 5.82 Å². The summed E-state index contributed by atoms with van der Waals surface area (Å²) < 4.78 is 38.4. The van der Waals surface area contributed by atoms with Crippen LogP contribution in [-0.2, 0) is 10.0 Å². The number of hydrogen-bond donors (Lipinski definition) is 1. The molecule has 0 aliphatic heterocycles. The molecule has 1 saturated carbocycles. The molecule has 0 heterocycles. The van der Waals surface area contributed by atoms with Crippen molar-refractivity contribution in [2.24, 2.45) is 0 Å². The molecule has 1 aromatic rings. The molecule has 2 rings (SSSR count). The van der Waals surface area contributed by atoms with Gasteiger partial charge in [0.15, 0.2) is 0 Å². The number of benzene rings is 1. The molecule has 0 amide bonds. The van der Waals surface area contributed by atoms with E-state index >= 15 is 0 Å². The minimum absolute atomic E-state index is 0.0210. The molecule has 1 aliphatic carbocycles. The van der Waals surface area contributed by atoms with Crippen LogP contribution in [0.15, 0.2) is 24.3 Å². The molecular weight excluding hydrogens is 241 g/mol. The summed E-state index contributed by atoms with van der Waals surface area (Å²) in [6.45, 7) is 0.0210. The molecule has 17 heavy (non-hydrogen) atoms. The first-order valence-electron chi connectivity index (χ1n) is 5.31. The summed E-state index contributed by atoms with van der Waals surface area (Å²) in [5.74, 6) is 4.80. The van der Waals surface area contributed by atoms with Crippen LogP contribution in [0.5, 0.6) is 0 Å². The van der Waals surface area contributed by atoms with Crippen LogP contribution >= 0.6 is 0 Å². The van der Waals surface area contributed by atoms with Crippen molar-refractivity contribution in [2.45, 2.75) is 18.1 Å². The van der Waals surface area contributed by atoms with Gasteiger partial charge in [-0.25, -0.2) is 17.5 Å². The second kappa shape index (κ2) is 4.86. The molecule has 0 bridgehead atoms. The highest BCUT2D eigenvalue weighted by molar-refractivity contribution is 7.90. The van der Waals surface area contributed by atoms with E-state index in [9.17, 15) is 12.8 Å². The van der Waals surface area contributed by atoms with Crippen LogP contribution in [0.1, 0.15) is 18.4 Å². The molecule has 0 spiro atoms. The Morgan fingerprint density at radius 3 is 2.71 bits per heavy atom. The van der Waals surface area contributed by atoms with Crippen LogP contribution in [0.25, 0.3) is 0 Å². The van der Waals surface area contributed by atoms with Crippen molar-refractivity contribution < 1.29 is 12.8 Å². The Morgan fingerprint density at radius 1 is 1.35 bits per heavy atom. The summed E-state index contributed by atoms with van der Waals surface area (Å²) in [5.41, 5.74) is 0.276. The quantitative estimate of drug-likeness (QED) is 0.824. The average molecular weight is 253 g/mol. The van der Waals surface area contributed by atoms with E-state index in [1.54, 1.807) is 18.2 Å². The van der Waals surface area contributed by atoms with Crippen LogP contribution in [0.4, 0.5) is 4.39 Å². The van der Waals surface area contributed by atoms with Gasteiger partial charge in [-0.2, -0.15) is 0 Å². The molecule has 3 nitrogen and oxygen atoms in total. The lowest BCUT2D eigenvalue weighted by molar-refractivity contribution is 0.584. The minimum atomic E-state index is -3.20. The molecule has 0 radical (unpaired) electrons. The van der Waals surface area contributed by atoms with Crippen molar-refractivity contribution in [3.8, 4) is 11.8 Å². The largest absolute Gasteiger partial charge is 0.215 e. The third-order valence-electron chi connectivity index (χ3n) is 2.42. The molecule has 0 aromatic heterocycles. The first-order valence-corrected chi connectivity index (χ1v) is 6.86. The number of nitrogens with one attached hydrogen (secondary N) is 1. The molecule has 1 fully saturated rings. The first-order chi connectivity index (χ1) is 8.09. The third kappa shape index (κ3) is 3.29. The molecule has 0 unspecified atom stereocenters. The van der Waals surface area contributed by atoms with E-state index in [1.165, 1.54) is 6.07 Å². The third-order valence-corrected chi connectivity index (χ3v) is 4.32. The summed E-state index contributed by atoms with van der Waals surface area (Å²) >= 11 is 0. The molecule has 0 atom stereocenters. The van der Waals surface area contributed by atoms with Crippen LogP contribution in [0, 0.1) is 17.7 Å². The number of rotatable bonds is 3. The fourth-order valence-corrected chi connectivity index (χ4v) is 2.60. The maximum Gasteiger partial charge on any atom is 0.215 e. The van der Waals surface area contributed by atoms with Crippen molar-refractivity contribution in [1.82, 2.24) is 4.72 Å². The highest BCUT2D eigenvalue weighted by Gasteiger charge is 2.34. The van der Waals surface area contributed by atoms with Gasteiger partial charge >= 0.3 is 0 Å². The van der Waals surface area contributed by atoms with Crippen LogP contribution in [0.2, 0.25) is 0 Å². The Labute approximate surface area is 100 Å². The van der Waals surface area contributed by atoms with Gasteiger partial charge in [0.25, 0.3) is 0 Å².